The van der Waals surface area contributed by atoms with Gasteiger partial charge in [-0.2, -0.15) is 0 Å². The van der Waals surface area contributed by atoms with Gasteiger partial charge in [0.25, 0.3) is 0 Å². The molecule has 0 bridgehead atoms. The summed E-state index contributed by atoms with van der Waals surface area (Å²) in [5.74, 6) is 0.204. The summed E-state index contributed by atoms with van der Waals surface area (Å²) in [6.07, 6.45) is 3.46. The van der Waals surface area contributed by atoms with Crippen molar-refractivity contribution in [1.82, 2.24) is 4.90 Å². The van der Waals surface area contributed by atoms with E-state index in [1.165, 1.54) is 23.1 Å². The Balaban J connectivity index is 2.35. The molecule has 1 atom stereocenters. The number of aryl methyl sites for hydroxylation is 2. The lowest BCUT2D eigenvalue weighted by atomic mass is 9.91. The quantitative estimate of drug-likeness (QED) is 0.577. The molecule has 0 spiro atoms. The zero-order valence-electron chi connectivity index (χ0n) is 10.7. The Labute approximate surface area is 103 Å². The fraction of sp³-hybridized carbons (Fsp3) is 0.500. The van der Waals surface area contributed by atoms with E-state index in [1.54, 1.807) is 0 Å². The maximum absolute atomic E-state index is 7.70. The predicted octanol–water partition coefficient (Wildman–Crippen LogP) is 2.72. The van der Waals surface area contributed by atoms with Gasteiger partial charge >= 0.3 is 0 Å². The maximum Gasteiger partial charge on any atom is 0.188 e. The van der Waals surface area contributed by atoms with Gasteiger partial charge in [0.15, 0.2) is 5.96 Å². The highest BCUT2D eigenvalue weighted by atomic mass is 15.3. The summed E-state index contributed by atoms with van der Waals surface area (Å²) in [7, 11) is 0. The van der Waals surface area contributed by atoms with Gasteiger partial charge in [0.05, 0.1) is 6.04 Å². The lowest BCUT2D eigenvalue weighted by Crippen LogP contribution is -2.42. The van der Waals surface area contributed by atoms with E-state index in [-0.39, 0.29) is 5.96 Å². The van der Waals surface area contributed by atoms with Crippen LogP contribution < -0.4 is 5.73 Å². The molecule has 1 aromatic carbocycles. The number of hydrogen-bond acceptors (Lipinski definition) is 1. The van der Waals surface area contributed by atoms with Gasteiger partial charge in [-0.15, -0.1) is 0 Å². The fourth-order valence-electron chi connectivity index (χ4n) is 2.66. The molecule has 0 radical (unpaired) electrons. The average Bonchev–Trinajstić information content (AvgIpc) is 2.32. The number of likely N-dealkylation sites (tertiary alicyclic amines) is 1. The molecule has 2 rings (SSSR count). The highest BCUT2D eigenvalue weighted by Crippen LogP contribution is 2.32. The molecule has 0 saturated carbocycles. The van der Waals surface area contributed by atoms with Crippen LogP contribution in [-0.2, 0) is 0 Å². The first-order chi connectivity index (χ1) is 8.09. The number of nitrogens with one attached hydrogen (secondary N) is 1. The van der Waals surface area contributed by atoms with Crippen LogP contribution in [0.2, 0.25) is 0 Å². The summed E-state index contributed by atoms with van der Waals surface area (Å²) in [6, 6.07) is 6.83. The first kappa shape index (κ1) is 12.0. The van der Waals surface area contributed by atoms with E-state index in [1.807, 2.05) is 4.90 Å². The van der Waals surface area contributed by atoms with Gasteiger partial charge < -0.3 is 10.6 Å². The second kappa shape index (κ2) is 4.78. The molecule has 1 fully saturated rings. The molecular formula is C14H21N3. The molecule has 1 aliphatic rings. The van der Waals surface area contributed by atoms with E-state index in [9.17, 15) is 0 Å². The number of piperidine rings is 1. The van der Waals surface area contributed by atoms with Crippen molar-refractivity contribution in [3.63, 3.8) is 0 Å². The Morgan fingerprint density at radius 3 is 2.82 bits per heavy atom. The first-order valence-electron chi connectivity index (χ1n) is 6.27. The predicted molar refractivity (Wildman–Crippen MR) is 71.1 cm³/mol. The summed E-state index contributed by atoms with van der Waals surface area (Å²) in [4.78, 5) is 2.03. The zero-order chi connectivity index (χ0) is 12.4. The summed E-state index contributed by atoms with van der Waals surface area (Å²) >= 11 is 0. The molecular weight excluding hydrogens is 210 g/mol. The second-order valence-corrected chi connectivity index (χ2v) is 4.95. The lowest BCUT2D eigenvalue weighted by molar-refractivity contribution is 0.240. The molecule has 1 aromatic rings. The van der Waals surface area contributed by atoms with E-state index in [4.69, 9.17) is 11.1 Å². The normalized spacial score (nSPS) is 20.4. The molecule has 1 unspecified atom stereocenters. The zero-order valence-corrected chi connectivity index (χ0v) is 10.7. The number of hydrogen-bond donors (Lipinski definition) is 2. The third-order valence-electron chi connectivity index (χ3n) is 3.61. The largest absolute Gasteiger partial charge is 0.370 e. The summed E-state index contributed by atoms with van der Waals surface area (Å²) in [6.45, 7) is 5.17. The molecule has 1 heterocycles. The monoisotopic (exact) mass is 231 g/mol. The van der Waals surface area contributed by atoms with E-state index < -0.39 is 0 Å². The Hall–Kier alpha value is -1.51. The molecule has 0 amide bonds. The van der Waals surface area contributed by atoms with Crippen LogP contribution in [0.5, 0.6) is 0 Å². The van der Waals surface area contributed by atoms with Gasteiger partial charge in [-0.3, -0.25) is 5.41 Å². The minimum Gasteiger partial charge on any atom is -0.370 e. The van der Waals surface area contributed by atoms with Crippen LogP contribution in [0.3, 0.4) is 0 Å². The lowest BCUT2D eigenvalue weighted by Gasteiger charge is -2.37. The average molecular weight is 231 g/mol. The van der Waals surface area contributed by atoms with Gasteiger partial charge in [-0.05, 0) is 44.2 Å². The molecule has 1 saturated heterocycles. The smallest absolute Gasteiger partial charge is 0.188 e. The van der Waals surface area contributed by atoms with Crippen molar-refractivity contribution in [3.8, 4) is 0 Å². The van der Waals surface area contributed by atoms with Crippen molar-refractivity contribution in [2.24, 2.45) is 5.73 Å². The number of nitrogens with two attached hydrogens (primary N) is 1. The Bertz CT molecular complexity index is 425. The Kier molecular flexibility index (Phi) is 3.36. The summed E-state index contributed by atoms with van der Waals surface area (Å²) in [5.41, 5.74) is 9.60. The van der Waals surface area contributed by atoms with Crippen molar-refractivity contribution in [1.29, 1.82) is 5.41 Å². The number of nitrogens with zero attached hydrogens (tertiary/aromatic N) is 1. The third-order valence-corrected chi connectivity index (χ3v) is 3.61. The molecule has 3 nitrogen and oxygen atoms in total. The van der Waals surface area contributed by atoms with E-state index >= 15 is 0 Å². The van der Waals surface area contributed by atoms with E-state index in [0.717, 1.165) is 19.4 Å². The first-order valence-corrected chi connectivity index (χ1v) is 6.27. The summed E-state index contributed by atoms with van der Waals surface area (Å²) < 4.78 is 0. The standard InChI is InChI=1S/C14H21N3/c1-10-6-7-11(2)12(9-10)13-5-3-4-8-17(13)14(15)16/h6-7,9,13H,3-5,8H2,1-2H3,(H3,15,16). The van der Waals surface area contributed by atoms with Gasteiger partial charge in [-0.1, -0.05) is 23.8 Å². The molecule has 3 N–H and O–H groups in total. The van der Waals surface area contributed by atoms with Crippen molar-refractivity contribution in [2.75, 3.05) is 6.54 Å². The molecule has 1 aliphatic heterocycles. The number of guanidine groups is 1. The maximum atomic E-state index is 7.70. The molecule has 0 aromatic heterocycles. The number of rotatable bonds is 1. The van der Waals surface area contributed by atoms with Crippen LogP contribution in [0.15, 0.2) is 18.2 Å². The van der Waals surface area contributed by atoms with Gasteiger partial charge in [-0.25, -0.2) is 0 Å². The molecule has 0 aliphatic carbocycles. The van der Waals surface area contributed by atoms with Crippen LogP contribution in [-0.4, -0.2) is 17.4 Å². The minimum absolute atomic E-state index is 0.204. The van der Waals surface area contributed by atoms with Crippen LogP contribution in [0.1, 0.15) is 42.0 Å². The molecule has 92 valence electrons. The third kappa shape index (κ3) is 2.43. The van der Waals surface area contributed by atoms with E-state index in [0.29, 0.717) is 6.04 Å². The Morgan fingerprint density at radius 2 is 2.12 bits per heavy atom. The minimum atomic E-state index is 0.204. The van der Waals surface area contributed by atoms with Gasteiger partial charge in [0.2, 0.25) is 0 Å². The van der Waals surface area contributed by atoms with Gasteiger partial charge in [0, 0.05) is 6.54 Å². The van der Waals surface area contributed by atoms with Crippen molar-refractivity contribution < 1.29 is 0 Å². The topological polar surface area (TPSA) is 53.1 Å². The van der Waals surface area contributed by atoms with Crippen molar-refractivity contribution in [2.45, 2.75) is 39.2 Å². The molecule has 3 heteroatoms. The highest BCUT2D eigenvalue weighted by molar-refractivity contribution is 5.75. The van der Waals surface area contributed by atoms with Crippen LogP contribution >= 0.6 is 0 Å². The van der Waals surface area contributed by atoms with Crippen LogP contribution in [0.4, 0.5) is 0 Å². The fourth-order valence-corrected chi connectivity index (χ4v) is 2.66. The molecule has 17 heavy (non-hydrogen) atoms. The highest BCUT2D eigenvalue weighted by Gasteiger charge is 2.25. The van der Waals surface area contributed by atoms with Crippen LogP contribution in [0, 0.1) is 19.3 Å². The Morgan fingerprint density at radius 1 is 1.35 bits per heavy atom. The van der Waals surface area contributed by atoms with E-state index in [2.05, 4.69) is 32.0 Å². The van der Waals surface area contributed by atoms with Gasteiger partial charge in [0.1, 0.15) is 0 Å². The van der Waals surface area contributed by atoms with Crippen molar-refractivity contribution >= 4 is 5.96 Å². The summed E-state index contributed by atoms with van der Waals surface area (Å²) in [5, 5.41) is 7.70. The number of benzene rings is 1. The SMILES string of the molecule is Cc1ccc(C)c(C2CCCCN2C(=N)N)c1. The van der Waals surface area contributed by atoms with Crippen LogP contribution in [0.25, 0.3) is 0 Å². The van der Waals surface area contributed by atoms with Crippen molar-refractivity contribution in [3.05, 3.63) is 34.9 Å². The second-order valence-electron chi connectivity index (χ2n) is 4.95.